The second kappa shape index (κ2) is 6.35. The molecule has 0 aliphatic rings. The summed E-state index contributed by atoms with van der Waals surface area (Å²) >= 11 is 0. The number of carboxylic acid groups (broad SMARTS) is 1. The molecule has 0 aromatic heterocycles. The summed E-state index contributed by atoms with van der Waals surface area (Å²) in [5, 5.41) is 16.7. The molecule has 1 atom stereocenters. The normalized spacial score (nSPS) is 11.8. The van der Waals surface area contributed by atoms with Crippen LogP contribution in [0.1, 0.15) is 19.8 Å². The predicted octanol–water partition coefficient (Wildman–Crippen LogP) is -0.684. The molecule has 0 rings (SSSR count). The van der Waals surface area contributed by atoms with Crippen LogP contribution in [0.4, 0.5) is 0 Å². The van der Waals surface area contributed by atoms with Gasteiger partial charge in [0.05, 0.1) is 12.5 Å². The minimum absolute atomic E-state index is 0. The molecule has 0 heterocycles. The molecule has 9 heavy (non-hydrogen) atoms. The Bertz CT molecular complexity index is 84.3. The number of aliphatic hydroxyl groups excluding tert-OH is 1. The SMILES string of the molecule is CCC(O)CC(=O)O.[SnH2]. The van der Waals surface area contributed by atoms with E-state index in [4.69, 9.17) is 10.2 Å². The van der Waals surface area contributed by atoms with Gasteiger partial charge in [-0.2, -0.15) is 0 Å². The third kappa shape index (κ3) is 8.23. The molecule has 0 fully saturated rings. The second-order valence-corrected chi connectivity index (χ2v) is 1.66. The monoisotopic (exact) mass is 240 g/mol. The van der Waals surface area contributed by atoms with Crippen LogP contribution in [0.5, 0.6) is 0 Å². The molecule has 3 nitrogen and oxygen atoms in total. The van der Waals surface area contributed by atoms with Crippen molar-refractivity contribution in [3.8, 4) is 0 Å². The standard InChI is InChI=1S/C5H10O3.Sn.2H/c1-2-4(6)3-5(7)8;;;/h4,6H,2-3H2,1H3,(H,7,8);;;. The molecule has 0 amide bonds. The molecular weight excluding hydrogens is 227 g/mol. The quantitative estimate of drug-likeness (QED) is 0.641. The van der Waals surface area contributed by atoms with Crippen LogP contribution in [0.2, 0.25) is 0 Å². The summed E-state index contributed by atoms with van der Waals surface area (Å²) in [5.74, 6) is -0.945. The third-order valence-electron chi connectivity index (χ3n) is 0.881. The summed E-state index contributed by atoms with van der Waals surface area (Å²) in [6.07, 6.45) is -0.310. The van der Waals surface area contributed by atoms with Crippen LogP contribution in [0.15, 0.2) is 0 Å². The first-order chi connectivity index (χ1) is 3.66. The van der Waals surface area contributed by atoms with Gasteiger partial charge in [0.2, 0.25) is 0 Å². The van der Waals surface area contributed by atoms with Gasteiger partial charge in [0.25, 0.3) is 0 Å². The molecular formula is C5H12O3Sn. The van der Waals surface area contributed by atoms with Gasteiger partial charge >= 0.3 is 29.9 Å². The molecule has 0 saturated carbocycles. The Hall–Kier alpha value is 0.229. The van der Waals surface area contributed by atoms with Crippen molar-refractivity contribution in [2.75, 3.05) is 0 Å². The van der Waals surface area contributed by atoms with Gasteiger partial charge in [-0.05, 0) is 6.42 Å². The molecule has 54 valence electrons. The van der Waals surface area contributed by atoms with Crippen LogP contribution in [-0.2, 0) is 4.79 Å². The van der Waals surface area contributed by atoms with Crippen molar-refractivity contribution in [2.45, 2.75) is 25.9 Å². The number of hydrogen-bond donors (Lipinski definition) is 2. The Kier molecular flexibility index (Phi) is 8.44. The van der Waals surface area contributed by atoms with Gasteiger partial charge in [0.1, 0.15) is 0 Å². The molecule has 0 aromatic carbocycles. The summed E-state index contributed by atoms with van der Waals surface area (Å²) in [6, 6.07) is 0. The topological polar surface area (TPSA) is 57.5 Å². The van der Waals surface area contributed by atoms with E-state index in [-0.39, 0.29) is 30.3 Å². The number of rotatable bonds is 3. The molecule has 0 saturated heterocycles. The van der Waals surface area contributed by atoms with Crippen molar-refractivity contribution in [1.29, 1.82) is 0 Å². The van der Waals surface area contributed by atoms with Gasteiger partial charge in [-0.3, -0.25) is 4.79 Å². The van der Waals surface area contributed by atoms with Gasteiger partial charge in [-0.25, -0.2) is 0 Å². The molecule has 0 spiro atoms. The number of hydrogen-bond acceptors (Lipinski definition) is 2. The fourth-order valence-electron chi connectivity index (χ4n) is 0.346. The van der Waals surface area contributed by atoms with Crippen LogP contribution in [-0.4, -0.2) is 46.2 Å². The summed E-state index contributed by atoms with van der Waals surface area (Å²) in [5.41, 5.74) is 0. The van der Waals surface area contributed by atoms with Crippen molar-refractivity contribution in [1.82, 2.24) is 0 Å². The van der Waals surface area contributed by atoms with Crippen LogP contribution in [0.3, 0.4) is 0 Å². The summed E-state index contributed by atoms with van der Waals surface area (Å²) in [6.45, 7) is 1.74. The zero-order valence-electron chi connectivity index (χ0n) is 5.50. The van der Waals surface area contributed by atoms with Crippen LogP contribution in [0, 0.1) is 0 Å². The summed E-state index contributed by atoms with van der Waals surface area (Å²) < 4.78 is 0. The van der Waals surface area contributed by atoms with Crippen molar-refractivity contribution in [3.63, 3.8) is 0 Å². The number of aliphatic hydroxyl groups is 1. The van der Waals surface area contributed by atoms with E-state index in [2.05, 4.69) is 0 Å². The van der Waals surface area contributed by atoms with Gasteiger partial charge in [-0.15, -0.1) is 0 Å². The van der Waals surface area contributed by atoms with E-state index in [1.165, 1.54) is 0 Å². The maximum atomic E-state index is 9.81. The van der Waals surface area contributed by atoms with E-state index in [1.807, 2.05) is 0 Å². The van der Waals surface area contributed by atoms with Gasteiger partial charge in [-0.1, -0.05) is 6.92 Å². The number of aliphatic carboxylic acids is 1. The number of carboxylic acids is 1. The van der Waals surface area contributed by atoms with Crippen LogP contribution in [0.25, 0.3) is 0 Å². The average molecular weight is 239 g/mol. The Balaban J connectivity index is 0. The molecule has 2 N–H and O–H groups in total. The first-order valence-corrected chi connectivity index (χ1v) is 2.56. The van der Waals surface area contributed by atoms with Crippen LogP contribution < -0.4 is 0 Å². The van der Waals surface area contributed by atoms with E-state index >= 15 is 0 Å². The van der Waals surface area contributed by atoms with Crippen molar-refractivity contribution < 1.29 is 15.0 Å². The second-order valence-electron chi connectivity index (χ2n) is 1.66. The van der Waals surface area contributed by atoms with Crippen LogP contribution >= 0.6 is 0 Å². The molecule has 0 aliphatic carbocycles. The van der Waals surface area contributed by atoms with E-state index in [0.717, 1.165) is 0 Å². The predicted molar refractivity (Wildman–Crippen MR) is 37.1 cm³/mol. The van der Waals surface area contributed by atoms with Crippen molar-refractivity contribution >= 4 is 29.9 Å². The molecule has 2 radical (unpaired) electrons. The third-order valence-corrected chi connectivity index (χ3v) is 0.881. The Morgan fingerprint density at radius 3 is 2.22 bits per heavy atom. The molecule has 1 unspecified atom stereocenters. The van der Waals surface area contributed by atoms with E-state index in [9.17, 15) is 4.79 Å². The van der Waals surface area contributed by atoms with Gasteiger partial charge in [0.15, 0.2) is 0 Å². The van der Waals surface area contributed by atoms with E-state index < -0.39 is 12.1 Å². The Labute approximate surface area is 71.0 Å². The fraction of sp³-hybridized carbons (Fsp3) is 0.800. The Morgan fingerprint density at radius 2 is 2.11 bits per heavy atom. The average Bonchev–Trinajstić information content (AvgIpc) is 1.65. The van der Waals surface area contributed by atoms with Crippen molar-refractivity contribution in [3.05, 3.63) is 0 Å². The molecule has 0 bridgehead atoms. The first kappa shape index (κ1) is 12.0. The number of carbonyl (C=O) groups is 1. The van der Waals surface area contributed by atoms with E-state index in [1.54, 1.807) is 6.92 Å². The zero-order valence-corrected chi connectivity index (χ0v) is 9.54. The first-order valence-electron chi connectivity index (χ1n) is 2.56. The minimum atomic E-state index is -0.945. The molecule has 0 aromatic rings. The fourth-order valence-corrected chi connectivity index (χ4v) is 0.346. The summed E-state index contributed by atoms with van der Waals surface area (Å²) in [4.78, 5) is 9.81. The van der Waals surface area contributed by atoms with E-state index in [0.29, 0.717) is 6.42 Å². The Morgan fingerprint density at radius 1 is 1.67 bits per heavy atom. The molecule has 4 heteroatoms. The van der Waals surface area contributed by atoms with Gasteiger partial charge in [0, 0.05) is 0 Å². The zero-order chi connectivity index (χ0) is 6.57. The molecule has 0 aliphatic heterocycles. The summed E-state index contributed by atoms with van der Waals surface area (Å²) in [7, 11) is 0. The van der Waals surface area contributed by atoms with Gasteiger partial charge < -0.3 is 10.2 Å². The maximum absolute atomic E-state index is 9.81. The van der Waals surface area contributed by atoms with Crippen molar-refractivity contribution in [2.24, 2.45) is 0 Å².